The normalized spacial score (nSPS) is 11.4. The topological polar surface area (TPSA) is 114 Å². The summed E-state index contributed by atoms with van der Waals surface area (Å²) in [4.78, 5) is -0.235. The third-order valence-corrected chi connectivity index (χ3v) is 8.17. The summed E-state index contributed by atoms with van der Waals surface area (Å²) in [5.74, 6) is 0. The van der Waals surface area contributed by atoms with Gasteiger partial charge in [-0.2, -0.15) is 0 Å². The summed E-state index contributed by atoms with van der Waals surface area (Å²) >= 11 is 0. The molecule has 0 fully saturated rings. The maximum Gasteiger partial charge on any atom is 2.00 e. The van der Waals surface area contributed by atoms with Gasteiger partial charge in [0.25, 0.3) is 0 Å². The molecule has 6 nitrogen and oxygen atoms in total. The van der Waals surface area contributed by atoms with Crippen molar-refractivity contribution in [1.82, 2.24) is 0 Å². The van der Waals surface area contributed by atoms with Crippen molar-refractivity contribution in [2.75, 3.05) is 0 Å². The molecule has 39 heavy (non-hydrogen) atoms. The molecule has 0 amide bonds. The van der Waals surface area contributed by atoms with Gasteiger partial charge in [0, 0.05) is 0 Å². The van der Waals surface area contributed by atoms with Crippen LogP contribution in [0.4, 0.5) is 0 Å². The molecule has 0 bridgehead atoms. The van der Waals surface area contributed by atoms with E-state index in [9.17, 15) is 25.9 Å². The second-order valence-corrected chi connectivity index (χ2v) is 12.7. The number of benzene rings is 2. The average molecular weight is 704 g/mol. The van der Waals surface area contributed by atoms with Crippen LogP contribution in [-0.4, -0.2) is 74.8 Å². The van der Waals surface area contributed by atoms with E-state index < -0.39 is 20.2 Å². The number of hydrogen-bond donors (Lipinski definition) is 0. The van der Waals surface area contributed by atoms with E-state index in [2.05, 4.69) is 13.8 Å². The Kier molecular flexibility index (Phi) is 22.3. The van der Waals surface area contributed by atoms with E-state index in [1.54, 1.807) is 12.1 Å². The quantitative estimate of drug-likeness (QED) is 0.0909. The van der Waals surface area contributed by atoms with Crippen molar-refractivity contribution >= 4 is 69.1 Å². The minimum atomic E-state index is -4.32. The van der Waals surface area contributed by atoms with Gasteiger partial charge >= 0.3 is 48.9 Å². The standard InChI is InChI=1S/2C15H24O3S.Ba/c2*1-2-3-4-5-6-7-8-10-14-11-9-12-15(13-14)19(16,17)18;/h2*9,11-13H,2-8,10H2,1H3,(H,16,17,18);/q;;+2/p-2. The van der Waals surface area contributed by atoms with E-state index in [-0.39, 0.29) is 58.7 Å². The van der Waals surface area contributed by atoms with Crippen molar-refractivity contribution in [3.63, 3.8) is 0 Å². The third-order valence-electron chi connectivity index (χ3n) is 6.51. The SMILES string of the molecule is CCCCCCCCCc1cccc(S(=O)(=O)[O-])c1.CCCCCCCCCc1cccc(S(=O)(=O)[O-])c1.[Ba+2]. The molecular formula is C30H46BaO6S2. The van der Waals surface area contributed by atoms with Gasteiger partial charge in [-0.1, -0.05) is 115 Å². The zero-order chi connectivity index (χ0) is 28.3. The Bertz CT molecular complexity index is 1030. The van der Waals surface area contributed by atoms with Crippen LogP contribution in [0.25, 0.3) is 0 Å². The second kappa shape index (κ2) is 22.4. The summed E-state index contributed by atoms with van der Waals surface area (Å²) in [6.45, 7) is 4.41. The molecule has 0 aliphatic carbocycles. The van der Waals surface area contributed by atoms with Gasteiger partial charge in [0.2, 0.25) is 0 Å². The Balaban J connectivity index is 0.000000722. The molecule has 2 aromatic carbocycles. The molecular weight excluding hydrogens is 658 g/mol. The van der Waals surface area contributed by atoms with Gasteiger partial charge in [-0.3, -0.25) is 0 Å². The van der Waals surface area contributed by atoms with Crippen molar-refractivity contribution < 1.29 is 25.9 Å². The van der Waals surface area contributed by atoms with Gasteiger partial charge in [0.1, 0.15) is 20.2 Å². The van der Waals surface area contributed by atoms with Crippen LogP contribution in [-0.2, 0) is 33.1 Å². The van der Waals surface area contributed by atoms with E-state index in [0.29, 0.717) is 0 Å². The Morgan fingerprint density at radius 3 is 1.13 bits per heavy atom. The van der Waals surface area contributed by atoms with Gasteiger partial charge in [0.05, 0.1) is 9.79 Å². The third kappa shape index (κ3) is 19.6. The van der Waals surface area contributed by atoms with Crippen LogP contribution in [0.2, 0.25) is 0 Å². The van der Waals surface area contributed by atoms with Crippen molar-refractivity contribution in [2.45, 2.75) is 126 Å². The van der Waals surface area contributed by atoms with E-state index in [1.807, 2.05) is 12.1 Å². The zero-order valence-corrected chi connectivity index (χ0v) is 30.0. The first-order chi connectivity index (χ1) is 18.1. The van der Waals surface area contributed by atoms with Crippen molar-refractivity contribution in [2.24, 2.45) is 0 Å². The van der Waals surface area contributed by atoms with E-state index in [4.69, 9.17) is 0 Å². The Morgan fingerprint density at radius 2 is 0.821 bits per heavy atom. The molecule has 2 rings (SSSR count). The maximum absolute atomic E-state index is 10.9. The van der Waals surface area contributed by atoms with E-state index in [1.165, 1.54) is 88.5 Å². The molecule has 9 heteroatoms. The van der Waals surface area contributed by atoms with E-state index >= 15 is 0 Å². The summed E-state index contributed by atoms with van der Waals surface area (Å²) in [6.07, 6.45) is 18.9. The average Bonchev–Trinajstić information content (AvgIpc) is 2.87. The first-order valence-corrected chi connectivity index (χ1v) is 17.0. The first-order valence-electron chi connectivity index (χ1n) is 14.2. The van der Waals surface area contributed by atoms with Gasteiger partial charge in [0.15, 0.2) is 0 Å². The zero-order valence-electron chi connectivity index (χ0n) is 23.9. The fourth-order valence-corrected chi connectivity index (χ4v) is 5.37. The summed E-state index contributed by atoms with van der Waals surface area (Å²) in [6, 6.07) is 12.8. The summed E-state index contributed by atoms with van der Waals surface area (Å²) in [7, 11) is -8.64. The van der Waals surface area contributed by atoms with Crippen LogP contribution in [0.15, 0.2) is 58.3 Å². The molecule has 0 unspecified atom stereocenters. The summed E-state index contributed by atoms with van der Waals surface area (Å²) < 4.78 is 65.4. The van der Waals surface area contributed by atoms with Crippen LogP contribution < -0.4 is 0 Å². The van der Waals surface area contributed by atoms with Gasteiger partial charge in [-0.25, -0.2) is 16.8 Å². The summed E-state index contributed by atoms with van der Waals surface area (Å²) in [5, 5.41) is 0. The molecule has 0 saturated heterocycles. The predicted octanol–water partition coefficient (Wildman–Crippen LogP) is 7.39. The number of rotatable bonds is 18. The van der Waals surface area contributed by atoms with Crippen LogP contribution in [0.1, 0.15) is 115 Å². The maximum atomic E-state index is 10.9. The molecule has 0 aliphatic rings. The fraction of sp³-hybridized carbons (Fsp3) is 0.600. The van der Waals surface area contributed by atoms with Crippen molar-refractivity contribution in [3.05, 3.63) is 59.7 Å². The monoisotopic (exact) mass is 704 g/mol. The molecule has 0 spiro atoms. The minimum absolute atomic E-state index is 0. The molecule has 0 heterocycles. The van der Waals surface area contributed by atoms with Crippen LogP contribution in [0, 0.1) is 0 Å². The molecule has 0 aliphatic heterocycles. The van der Waals surface area contributed by atoms with Gasteiger partial charge in [-0.05, 0) is 61.1 Å². The first kappa shape index (κ1) is 38.8. The largest absolute Gasteiger partial charge is 2.00 e. The molecule has 0 atom stereocenters. The number of hydrogen-bond acceptors (Lipinski definition) is 6. The van der Waals surface area contributed by atoms with Crippen LogP contribution >= 0.6 is 0 Å². The Morgan fingerprint density at radius 1 is 0.513 bits per heavy atom. The smallest absolute Gasteiger partial charge is 0.744 e. The van der Waals surface area contributed by atoms with Gasteiger partial charge < -0.3 is 9.11 Å². The minimum Gasteiger partial charge on any atom is -0.744 e. The predicted molar refractivity (Wildman–Crippen MR) is 158 cm³/mol. The number of aryl methyl sites for hydroxylation is 2. The molecule has 0 aromatic heterocycles. The fourth-order valence-electron chi connectivity index (χ4n) is 4.29. The molecule has 0 N–H and O–H groups in total. The molecule has 0 saturated carbocycles. The summed E-state index contributed by atoms with van der Waals surface area (Å²) in [5.41, 5.74) is 1.87. The Labute approximate surface area is 278 Å². The second-order valence-electron chi connectivity index (χ2n) is 9.95. The van der Waals surface area contributed by atoms with Gasteiger partial charge in [-0.15, -0.1) is 0 Å². The van der Waals surface area contributed by atoms with Crippen molar-refractivity contribution in [1.29, 1.82) is 0 Å². The Hall–Kier alpha value is -0.169. The van der Waals surface area contributed by atoms with Crippen LogP contribution in [0.3, 0.4) is 0 Å². The van der Waals surface area contributed by atoms with Crippen molar-refractivity contribution in [3.8, 4) is 0 Å². The molecule has 216 valence electrons. The molecule has 2 aromatic rings. The van der Waals surface area contributed by atoms with E-state index in [0.717, 1.165) is 49.7 Å². The molecule has 0 radical (unpaired) electrons. The van der Waals surface area contributed by atoms with Crippen LogP contribution in [0.5, 0.6) is 0 Å². The number of unbranched alkanes of at least 4 members (excludes halogenated alkanes) is 12.